The lowest BCUT2D eigenvalue weighted by Crippen LogP contribution is -2.33. The van der Waals surface area contributed by atoms with E-state index in [1.807, 2.05) is 44.2 Å². The van der Waals surface area contributed by atoms with E-state index in [2.05, 4.69) is 0 Å². The number of esters is 1. The summed E-state index contributed by atoms with van der Waals surface area (Å²) in [5.41, 5.74) is 1.53. The number of hydrogen-bond acceptors (Lipinski definition) is 5. The molecular weight excluding hydrogens is 284 g/mol. The highest BCUT2D eigenvalue weighted by Gasteiger charge is 2.45. The predicted molar refractivity (Wildman–Crippen MR) is 78.7 cm³/mol. The minimum Gasteiger partial charge on any atom is -0.489 e. The average Bonchev–Trinajstić information content (AvgIpc) is 2.99. The van der Waals surface area contributed by atoms with Gasteiger partial charge in [0.2, 0.25) is 0 Å². The van der Waals surface area contributed by atoms with Gasteiger partial charge in [-0.15, -0.1) is 0 Å². The van der Waals surface area contributed by atoms with Crippen LogP contribution in [0.3, 0.4) is 0 Å². The summed E-state index contributed by atoms with van der Waals surface area (Å²) in [6, 6.07) is 9.79. The summed E-state index contributed by atoms with van der Waals surface area (Å²) in [5, 5.41) is 0. The van der Waals surface area contributed by atoms with Gasteiger partial charge in [-0.25, -0.2) is 4.79 Å². The van der Waals surface area contributed by atoms with Gasteiger partial charge in [-0.1, -0.05) is 30.3 Å². The predicted octanol–water partition coefficient (Wildman–Crippen LogP) is 2.55. The molecule has 1 aromatic carbocycles. The molecule has 22 heavy (non-hydrogen) atoms. The number of carbonyl (C=O) groups excluding carboxylic acids is 1. The van der Waals surface area contributed by atoms with Crippen molar-refractivity contribution in [2.24, 2.45) is 0 Å². The molecule has 0 radical (unpaired) electrons. The number of benzene rings is 1. The van der Waals surface area contributed by atoms with Gasteiger partial charge in [-0.05, 0) is 26.3 Å². The summed E-state index contributed by atoms with van der Waals surface area (Å²) in [4.78, 5) is 11.9. The first kappa shape index (κ1) is 15.1. The van der Waals surface area contributed by atoms with Crippen molar-refractivity contribution in [3.05, 3.63) is 47.2 Å². The maximum atomic E-state index is 11.9. The first-order chi connectivity index (χ1) is 10.5. The van der Waals surface area contributed by atoms with Gasteiger partial charge < -0.3 is 18.9 Å². The van der Waals surface area contributed by atoms with Crippen molar-refractivity contribution in [1.29, 1.82) is 0 Å². The average molecular weight is 304 g/mol. The zero-order valence-electron chi connectivity index (χ0n) is 13.0. The molecule has 0 amide bonds. The third kappa shape index (κ3) is 3.00. The minimum atomic E-state index is -0.669. The van der Waals surface area contributed by atoms with E-state index in [-0.39, 0.29) is 12.1 Å². The quantitative estimate of drug-likeness (QED) is 0.800. The Labute approximate surface area is 129 Å². The Balaban J connectivity index is 1.73. The van der Waals surface area contributed by atoms with Crippen LogP contribution in [0.1, 0.15) is 26.3 Å². The van der Waals surface area contributed by atoms with Crippen LogP contribution in [0.15, 0.2) is 41.7 Å². The molecule has 2 aliphatic rings. The number of rotatable bonds is 4. The van der Waals surface area contributed by atoms with E-state index >= 15 is 0 Å². The first-order valence-electron chi connectivity index (χ1n) is 7.36. The van der Waals surface area contributed by atoms with E-state index in [9.17, 15) is 4.79 Å². The second-order valence-corrected chi connectivity index (χ2v) is 5.96. The fourth-order valence-corrected chi connectivity index (χ4v) is 2.61. The van der Waals surface area contributed by atoms with E-state index in [0.29, 0.717) is 24.5 Å². The van der Waals surface area contributed by atoms with Gasteiger partial charge in [0.25, 0.3) is 0 Å². The Morgan fingerprint density at radius 3 is 2.64 bits per heavy atom. The smallest absolute Gasteiger partial charge is 0.338 e. The lowest BCUT2D eigenvalue weighted by atomic mass is 10.1. The van der Waals surface area contributed by atoms with Crippen molar-refractivity contribution in [3.8, 4) is 0 Å². The van der Waals surface area contributed by atoms with E-state index in [0.717, 1.165) is 5.56 Å². The molecule has 2 heterocycles. The van der Waals surface area contributed by atoms with E-state index in [1.54, 1.807) is 6.92 Å². The maximum absolute atomic E-state index is 11.9. The first-order valence-corrected chi connectivity index (χ1v) is 7.36. The SMILES string of the molecule is CC1=C(OCc2ccccc2)C(C2COC(C)(C)O2)OC1=O. The molecule has 2 aliphatic heterocycles. The zero-order chi connectivity index (χ0) is 15.7. The summed E-state index contributed by atoms with van der Waals surface area (Å²) in [5.74, 6) is -0.487. The Kier molecular flexibility index (Phi) is 3.93. The van der Waals surface area contributed by atoms with Crippen molar-refractivity contribution in [3.63, 3.8) is 0 Å². The van der Waals surface area contributed by atoms with Gasteiger partial charge in [0, 0.05) is 0 Å². The molecule has 0 aliphatic carbocycles. The number of cyclic esters (lactones) is 1. The highest BCUT2D eigenvalue weighted by molar-refractivity contribution is 5.91. The fraction of sp³-hybridized carbons (Fsp3) is 0.471. The molecule has 0 bridgehead atoms. The topological polar surface area (TPSA) is 54.0 Å². The molecule has 0 aromatic heterocycles. The van der Waals surface area contributed by atoms with Crippen LogP contribution in [0.2, 0.25) is 0 Å². The summed E-state index contributed by atoms with van der Waals surface area (Å²) in [6.45, 7) is 6.15. The fourth-order valence-electron chi connectivity index (χ4n) is 2.61. The molecule has 5 heteroatoms. The summed E-state index contributed by atoms with van der Waals surface area (Å²) >= 11 is 0. The van der Waals surface area contributed by atoms with Gasteiger partial charge >= 0.3 is 5.97 Å². The highest BCUT2D eigenvalue weighted by atomic mass is 16.8. The maximum Gasteiger partial charge on any atom is 0.338 e. The standard InChI is InChI=1S/C17H20O5/c1-11-14(19-9-12-7-5-4-6-8-12)15(21-16(11)18)13-10-20-17(2,3)22-13/h4-8,13,15H,9-10H2,1-3H3. The van der Waals surface area contributed by atoms with Crippen LogP contribution in [0.4, 0.5) is 0 Å². The van der Waals surface area contributed by atoms with Crippen LogP contribution < -0.4 is 0 Å². The molecule has 5 nitrogen and oxygen atoms in total. The van der Waals surface area contributed by atoms with Gasteiger partial charge in [0.05, 0.1) is 12.2 Å². The van der Waals surface area contributed by atoms with Crippen molar-refractivity contribution < 1.29 is 23.7 Å². The zero-order valence-corrected chi connectivity index (χ0v) is 13.0. The lowest BCUT2D eigenvalue weighted by Gasteiger charge is -2.22. The van der Waals surface area contributed by atoms with Crippen LogP contribution >= 0.6 is 0 Å². The minimum absolute atomic E-state index is 0.345. The van der Waals surface area contributed by atoms with E-state index in [4.69, 9.17) is 18.9 Å². The van der Waals surface area contributed by atoms with Crippen LogP contribution in [0.25, 0.3) is 0 Å². The number of hydrogen-bond donors (Lipinski definition) is 0. The second-order valence-electron chi connectivity index (χ2n) is 5.96. The van der Waals surface area contributed by atoms with E-state index < -0.39 is 11.9 Å². The number of ether oxygens (including phenoxy) is 4. The Hall–Kier alpha value is -1.85. The monoisotopic (exact) mass is 304 g/mol. The van der Waals surface area contributed by atoms with Crippen molar-refractivity contribution >= 4 is 5.97 Å². The van der Waals surface area contributed by atoms with E-state index in [1.165, 1.54) is 0 Å². The van der Waals surface area contributed by atoms with Crippen LogP contribution in [-0.2, 0) is 30.3 Å². The molecular formula is C17H20O5. The summed E-state index contributed by atoms with van der Waals surface area (Å²) in [7, 11) is 0. The molecule has 0 saturated carbocycles. The molecule has 1 saturated heterocycles. The molecule has 1 aromatic rings. The van der Waals surface area contributed by atoms with Crippen molar-refractivity contribution in [2.75, 3.05) is 6.61 Å². The second kappa shape index (κ2) is 5.74. The number of carbonyl (C=O) groups is 1. The summed E-state index contributed by atoms with van der Waals surface area (Å²) in [6.07, 6.45) is -0.889. The Morgan fingerprint density at radius 1 is 1.27 bits per heavy atom. The van der Waals surface area contributed by atoms with Crippen LogP contribution in [-0.4, -0.2) is 30.6 Å². The molecule has 118 valence electrons. The molecule has 0 N–H and O–H groups in total. The molecule has 3 rings (SSSR count). The van der Waals surface area contributed by atoms with Gasteiger partial charge in [0.1, 0.15) is 12.7 Å². The van der Waals surface area contributed by atoms with Gasteiger partial charge in [-0.2, -0.15) is 0 Å². The molecule has 1 fully saturated rings. The van der Waals surface area contributed by atoms with Gasteiger partial charge in [0.15, 0.2) is 17.7 Å². The highest BCUT2D eigenvalue weighted by Crippen LogP contribution is 2.33. The Morgan fingerprint density at radius 2 is 2.00 bits per heavy atom. The Bertz CT molecular complexity index is 590. The van der Waals surface area contributed by atoms with Crippen LogP contribution in [0.5, 0.6) is 0 Å². The van der Waals surface area contributed by atoms with Gasteiger partial charge in [-0.3, -0.25) is 0 Å². The largest absolute Gasteiger partial charge is 0.489 e. The molecule has 2 unspecified atom stereocenters. The van der Waals surface area contributed by atoms with Crippen molar-refractivity contribution in [1.82, 2.24) is 0 Å². The molecule has 2 atom stereocenters. The van der Waals surface area contributed by atoms with Crippen molar-refractivity contribution in [2.45, 2.75) is 45.4 Å². The third-order valence-corrected chi connectivity index (χ3v) is 3.77. The molecule has 0 spiro atoms. The van der Waals surface area contributed by atoms with Crippen LogP contribution in [0, 0.1) is 0 Å². The lowest BCUT2D eigenvalue weighted by molar-refractivity contribution is -0.163. The summed E-state index contributed by atoms with van der Waals surface area (Å²) < 4.78 is 22.6. The third-order valence-electron chi connectivity index (χ3n) is 3.77. The normalized spacial score (nSPS) is 27.1.